The molecular weight excluding hydrogens is 332 g/mol. The third-order valence-corrected chi connectivity index (χ3v) is 4.70. The maximum Gasteiger partial charge on any atom is 0.306 e. The minimum atomic E-state index is -0.277. The van der Waals surface area contributed by atoms with Crippen molar-refractivity contribution in [1.82, 2.24) is 4.90 Å². The van der Waals surface area contributed by atoms with Crippen LogP contribution < -0.4 is 9.64 Å². The van der Waals surface area contributed by atoms with E-state index in [9.17, 15) is 9.59 Å². The quantitative estimate of drug-likeness (QED) is 0.473. The first-order valence-electron chi connectivity index (χ1n) is 9.39. The molecule has 1 aliphatic rings. The molecule has 0 aliphatic carbocycles. The normalized spacial score (nSPS) is 13.5. The Labute approximate surface area is 156 Å². The van der Waals surface area contributed by atoms with Gasteiger partial charge in [0, 0.05) is 38.8 Å². The zero-order chi connectivity index (χ0) is 18.8. The van der Waals surface area contributed by atoms with Gasteiger partial charge in [-0.1, -0.05) is 6.42 Å². The van der Waals surface area contributed by atoms with Gasteiger partial charge >= 0.3 is 5.97 Å². The molecule has 1 fully saturated rings. The van der Waals surface area contributed by atoms with Gasteiger partial charge in [-0.2, -0.15) is 0 Å². The minimum Gasteiger partial charge on any atom is -0.497 e. The summed E-state index contributed by atoms with van der Waals surface area (Å²) in [4.78, 5) is 27.5. The fraction of sp³-hybridized carbons (Fsp3) is 0.600. The summed E-state index contributed by atoms with van der Waals surface area (Å²) in [5, 5.41) is 0. The van der Waals surface area contributed by atoms with Gasteiger partial charge < -0.3 is 19.3 Å². The zero-order valence-electron chi connectivity index (χ0n) is 15.9. The fourth-order valence-electron chi connectivity index (χ4n) is 3.03. The fourth-order valence-corrected chi connectivity index (χ4v) is 3.03. The lowest BCUT2D eigenvalue weighted by molar-refractivity contribution is -0.151. The van der Waals surface area contributed by atoms with E-state index in [0.717, 1.165) is 63.2 Å². The average Bonchev–Trinajstić information content (AvgIpc) is 3.20. The number of nitrogens with zero attached hydrogens (tertiary/aromatic N) is 2. The molecule has 0 unspecified atom stereocenters. The number of methoxy groups -OCH3 is 1. The number of unbranched alkanes of at least 4 members (excludes halogenated alkanes) is 2. The van der Waals surface area contributed by atoms with Crippen molar-refractivity contribution >= 4 is 17.6 Å². The van der Waals surface area contributed by atoms with Crippen LogP contribution in [0.15, 0.2) is 24.3 Å². The first-order chi connectivity index (χ1) is 12.6. The molecule has 1 saturated heterocycles. The van der Waals surface area contributed by atoms with Crippen molar-refractivity contribution in [2.24, 2.45) is 0 Å². The van der Waals surface area contributed by atoms with Crippen molar-refractivity contribution in [2.75, 3.05) is 45.3 Å². The maximum absolute atomic E-state index is 11.8. The van der Waals surface area contributed by atoms with Crippen LogP contribution in [0.5, 0.6) is 5.75 Å². The minimum absolute atomic E-state index is 0.0723. The molecule has 1 aromatic rings. The summed E-state index contributed by atoms with van der Waals surface area (Å²) in [6.45, 7) is 2.39. The Balaban J connectivity index is 1.53. The highest BCUT2D eigenvalue weighted by Crippen LogP contribution is 2.18. The highest BCUT2D eigenvalue weighted by molar-refractivity contribution is 5.80. The van der Waals surface area contributed by atoms with Gasteiger partial charge in [-0.05, 0) is 49.9 Å². The zero-order valence-corrected chi connectivity index (χ0v) is 15.9. The number of esters is 1. The van der Waals surface area contributed by atoms with E-state index in [0.29, 0.717) is 6.42 Å². The van der Waals surface area contributed by atoms with Crippen molar-refractivity contribution < 1.29 is 19.1 Å². The van der Waals surface area contributed by atoms with Crippen molar-refractivity contribution in [2.45, 2.75) is 38.5 Å². The van der Waals surface area contributed by atoms with Gasteiger partial charge in [-0.25, -0.2) is 0 Å². The molecule has 0 radical (unpaired) electrons. The van der Waals surface area contributed by atoms with Crippen LogP contribution in [0.4, 0.5) is 5.69 Å². The number of carbonyl (C=O) groups excluding carboxylic acids is 2. The molecule has 1 heterocycles. The van der Waals surface area contributed by atoms with Gasteiger partial charge in [0.2, 0.25) is 0 Å². The molecule has 1 amide bonds. The Bertz CT molecular complexity index is 568. The number of anilines is 1. The molecule has 0 aromatic heterocycles. The van der Waals surface area contributed by atoms with Crippen LogP contribution >= 0.6 is 0 Å². The number of carbonyl (C=O) groups is 2. The molecule has 0 saturated carbocycles. The third-order valence-electron chi connectivity index (χ3n) is 4.70. The second-order valence-electron chi connectivity index (χ2n) is 6.68. The van der Waals surface area contributed by atoms with Gasteiger partial charge in [0.25, 0.3) is 5.91 Å². The number of hydrogen-bond acceptors (Lipinski definition) is 5. The molecule has 6 heteroatoms. The topological polar surface area (TPSA) is 59.1 Å². The summed E-state index contributed by atoms with van der Waals surface area (Å²) < 4.78 is 10.2. The molecule has 26 heavy (non-hydrogen) atoms. The van der Waals surface area contributed by atoms with E-state index < -0.39 is 0 Å². The third kappa shape index (κ3) is 6.58. The van der Waals surface area contributed by atoms with Crippen molar-refractivity contribution in [1.29, 1.82) is 0 Å². The molecular formula is C20H30N2O4. The molecule has 0 bridgehead atoms. The Hall–Kier alpha value is -2.24. The Morgan fingerprint density at radius 1 is 1.08 bits per heavy atom. The van der Waals surface area contributed by atoms with Gasteiger partial charge in [0.1, 0.15) is 5.75 Å². The smallest absolute Gasteiger partial charge is 0.306 e. The van der Waals surface area contributed by atoms with E-state index in [-0.39, 0.29) is 18.5 Å². The largest absolute Gasteiger partial charge is 0.497 e. The monoisotopic (exact) mass is 362 g/mol. The first-order valence-corrected chi connectivity index (χ1v) is 9.39. The van der Waals surface area contributed by atoms with Crippen LogP contribution in [0.2, 0.25) is 0 Å². The van der Waals surface area contributed by atoms with Crippen molar-refractivity contribution in [3.63, 3.8) is 0 Å². The first kappa shape index (κ1) is 20.1. The van der Waals surface area contributed by atoms with Gasteiger partial charge in [0.15, 0.2) is 6.61 Å². The average molecular weight is 362 g/mol. The van der Waals surface area contributed by atoms with Gasteiger partial charge in [-0.15, -0.1) is 0 Å². The maximum atomic E-state index is 11.8. The molecule has 6 nitrogen and oxygen atoms in total. The van der Waals surface area contributed by atoms with Crippen LogP contribution in [-0.4, -0.2) is 57.2 Å². The molecule has 2 rings (SSSR count). The highest BCUT2D eigenvalue weighted by atomic mass is 16.5. The highest BCUT2D eigenvalue weighted by Gasteiger charge is 2.18. The molecule has 0 N–H and O–H groups in total. The summed E-state index contributed by atoms with van der Waals surface area (Å²) >= 11 is 0. The second-order valence-corrected chi connectivity index (χ2v) is 6.68. The molecule has 1 aromatic carbocycles. The van der Waals surface area contributed by atoms with E-state index in [2.05, 4.69) is 11.9 Å². The van der Waals surface area contributed by atoms with Crippen LogP contribution in [-0.2, 0) is 14.3 Å². The van der Waals surface area contributed by atoms with E-state index >= 15 is 0 Å². The summed E-state index contributed by atoms with van der Waals surface area (Å²) in [7, 11) is 3.71. The van der Waals surface area contributed by atoms with Crippen LogP contribution in [0.3, 0.4) is 0 Å². The van der Waals surface area contributed by atoms with E-state index in [1.807, 2.05) is 24.3 Å². The molecule has 144 valence electrons. The van der Waals surface area contributed by atoms with Crippen LogP contribution in [0.25, 0.3) is 0 Å². The number of amides is 1. The predicted molar refractivity (Wildman–Crippen MR) is 102 cm³/mol. The lowest BCUT2D eigenvalue weighted by Crippen LogP contribution is -2.32. The second kappa shape index (κ2) is 10.7. The Kier molecular flexibility index (Phi) is 8.25. The number of ether oxygens (including phenoxy) is 2. The standard InChI is InChI=1S/C20H30N2O4/c1-21(17-9-11-18(25-2)12-10-17)13-5-3-4-8-20(24)26-16-19(23)22-14-6-7-15-22/h9-12H,3-8,13-16H2,1-2H3. The molecule has 0 spiro atoms. The molecule has 0 atom stereocenters. The van der Waals surface area contributed by atoms with Crippen LogP contribution in [0.1, 0.15) is 38.5 Å². The predicted octanol–water partition coefficient (Wildman–Crippen LogP) is 2.86. The molecule has 1 aliphatic heterocycles. The van der Waals surface area contributed by atoms with Crippen LogP contribution in [0, 0.1) is 0 Å². The number of likely N-dealkylation sites (tertiary alicyclic amines) is 1. The lowest BCUT2D eigenvalue weighted by atomic mass is 10.2. The SMILES string of the molecule is COc1ccc(N(C)CCCCCC(=O)OCC(=O)N2CCCC2)cc1. The summed E-state index contributed by atoms with van der Waals surface area (Å²) in [6.07, 6.45) is 5.21. The summed E-state index contributed by atoms with van der Waals surface area (Å²) in [5.74, 6) is 0.502. The van der Waals surface area contributed by atoms with E-state index in [4.69, 9.17) is 9.47 Å². The van der Waals surface area contributed by atoms with E-state index in [1.165, 1.54) is 0 Å². The number of rotatable bonds is 10. The van der Waals surface area contributed by atoms with Crippen molar-refractivity contribution in [3.8, 4) is 5.75 Å². The Morgan fingerprint density at radius 3 is 2.42 bits per heavy atom. The van der Waals surface area contributed by atoms with E-state index in [1.54, 1.807) is 12.0 Å². The van der Waals surface area contributed by atoms with Gasteiger partial charge in [0.05, 0.1) is 7.11 Å². The number of benzene rings is 1. The van der Waals surface area contributed by atoms with Gasteiger partial charge in [-0.3, -0.25) is 9.59 Å². The number of hydrogen-bond donors (Lipinski definition) is 0. The summed E-state index contributed by atoms with van der Waals surface area (Å²) in [6, 6.07) is 7.97. The summed E-state index contributed by atoms with van der Waals surface area (Å²) in [5.41, 5.74) is 1.14. The lowest BCUT2D eigenvalue weighted by Gasteiger charge is -2.19. The van der Waals surface area contributed by atoms with Crippen molar-refractivity contribution in [3.05, 3.63) is 24.3 Å². The Morgan fingerprint density at radius 2 is 1.77 bits per heavy atom.